The summed E-state index contributed by atoms with van der Waals surface area (Å²) < 4.78 is 10.8. The number of nitrogens with zero attached hydrogens (tertiary/aromatic N) is 2. The second kappa shape index (κ2) is 7.36. The number of allylic oxidation sites excluding steroid dienone is 1. The molecule has 0 saturated heterocycles. The fourth-order valence-corrected chi connectivity index (χ4v) is 3.83. The van der Waals surface area contributed by atoms with E-state index in [9.17, 15) is 5.26 Å². The minimum atomic E-state index is 0.238. The molecule has 2 aromatic rings. The van der Waals surface area contributed by atoms with Crippen LogP contribution in [0, 0.1) is 17.2 Å². The van der Waals surface area contributed by atoms with Crippen LogP contribution >= 0.6 is 0 Å². The van der Waals surface area contributed by atoms with Gasteiger partial charge in [0, 0.05) is 18.8 Å². The van der Waals surface area contributed by atoms with Gasteiger partial charge in [0.2, 0.25) is 6.79 Å². The lowest BCUT2D eigenvalue weighted by Gasteiger charge is -2.33. The standard InChI is InChI=1S/C23H24N2O2/c1-16(2)14-25-9-3-4-19-10-17(5-7-21(19)25)11-20(13-24)18-6-8-22-23(12-18)27-15-26-22/h5-8,10-12,16H,3-4,9,14-15H2,1-2H3/b20-11+. The monoisotopic (exact) mass is 360 g/mol. The van der Waals surface area contributed by atoms with Gasteiger partial charge in [0.05, 0.1) is 11.6 Å². The highest BCUT2D eigenvalue weighted by atomic mass is 16.7. The summed E-state index contributed by atoms with van der Waals surface area (Å²) in [6.07, 6.45) is 4.23. The van der Waals surface area contributed by atoms with E-state index < -0.39 is 0 Å². The number of ether oxygens (including phenoxy) is 2. The molecule has 2 aromatic carbocycles. The molecule has 0 fully saturated rings. The summed E-state index contributed by atoms with van der Waals surface area (Å²) in [5.41, 5.74) is 5.26. The van der Waals surface area contributed by atoms with Crippen molar-refractivity contribution in [2.45, 2.75) is 26.7 Å². The summed E-state index contributed by atoms with van der Waals surface area (Å²) in [5, 5.41) is 9.67. The Kier molecular flexibility index (Phi) is 4.77. The fourth-order valence-electron chi connectivity index (χ4n) is 3.83. The zero-order valence-electron chi connectivity index (χ0n) is 15.9. The highest BCUT2D eigenvalue weighted by molar-refractivity contribution is 5.90. The van der Waals surface area contributed by atoms with Crippen molar-refractivity contribution in [3.05, 3.63) is 53.1 Å². The molecule has 0 N–H and O–H groups in total. The Bertz CT molecular complexity index is 924. The number of aryl methyl sites for hydroxylation is 1. The first-order chi connectivity index (χ1) is 13.1. The van der Waals surface area contributed by atoms with Gasteiger partial charge in [-0.15, -0.1) is 0 Å². The van der Waals surface area contributed by atoms with Gasteiger partial charge in [-0.25, -0.2) is 0 Å². The second-order valence-electron chi connectivity index (χ2n) is 7.57. The van der Waals surface area contributed by atoms with E-state index in [0.717, 1.165) is 36.4 Å². The molecule has 2 heterocycles. The van der Waals surface area contributed by atoms with Crippen LogP contribution in [0.5, 0.6) is 11.5 Å². The van der Waals surface area contributed by atoms with Crippen molar-refractivity contribution in [1.82, 2.24) is 0 Å². The molecule has 138 valence electrons. The maximum absolute atomic E-state index is 9.67. The summed E-state index contributed by atoms with van der Waals surface area (Å²) in [4.78, 5) is 2.49. The zero-order valence-corrected chi connectivity index (χ0v) is 15.9. The summed E-state index contributed by atoms with van der Waals surface area (Å²) in [6, 6.07) is 14.5. The molecule has 0 aliphatic carbocycles. The number of hydrogen-bond donors (Lipinski definition) is 0. The highest BCUT2D eigenvalue weighted by Crippen LogP contribution is 2.35. The van der Waals surface area contributed by atoms with Crippen molar-refractivity contribution >= 4 is 17.3 Å². The zero-order chi connectivity index (χ0) is 18.8. The molecule has 0 spiro atoms. The number of benzene rings is 2. The number of hydrogen-bond acceptors (Lipinski definition) is 4. The van der Waals surface area contributed by atoms with Crippen molar-refractivity contribution < 1.29 is 9.47 Å². The van der Waals surface area contributed by atoms with Crippen LogP contribution in [-0.4, -0.2) is 19.9 Å². The van der Waals surface area contributed by atoms with E-state index in [4.69, 9.17) is 9.47 Å². The van der Waals surface area contributed by atoms with E-state index in [0.29, 0.717) is 17.2 Å². The molecule has 0 unspecified atom stereocenters. The second-order valence-corrected chi connectivity index (χ2v) is 7.57. The molecule has 0 saturated carbocycles. The Hall–Kier alpha value is -2.93. The normalized spacial score (nSPS) is 15.6. The van der Waals surface area contributed by atoms with Crippen LogP contribution in [0.25, 0.3) is 11.6 Å². The lowest BCUT2D eigenvalue weighted by Crippen LogP contribution is -2.32. The van der Waals surface area contributed by atoms with Gasteiger partial charge in [-0.05, 0) is 71.9 Å². The number of fused-ring (bicyclic) bond motifs is 2. The molecule has 0 bridgehead atoms. The van der Waals surface area contributed by atoms with Crippen LogP contribution in [0.3, 0.4) is 0 Å². The Labute approximate surface area is 160 Å². The van der Waals surface area contributed by atoms with Crippen molar-refractivity contribution in [3.63, 3.8) is 0 Å². The van der Waals surface area contributed by atoms with Crippen LogP contribution in [-0.2, 0) is 6.42 Å². The highest BCUT2D eigenvalue weighted by Gasteiger charge is 2.18. The topological polar surface area (TPSA) is 45.5 Å². The minimum absolute atomic E-state index is 0.238. The smallest absolute Gasteiger partial charge is 0.231 e. The summed E-state index contributed by atoms with van der Waals surface area (Å²) >= 11 is 0. The van der Waals surface area contributed by atoms with Gasteiger partial charge in [0.1, 0.15) is 0 Å². The van der Waals surface area contributed by atoms with E-state index in [1.807, 2.05) is 24.3 Å². The van der Waals surface area contributed by atoms with Gasteiger partial charge in [-0.3, -0.25) is 0 Å². The average molecular weight is 360 g/mol. The van der Waals surface area contributed by atoms with E-state index >= 15 is 0 Å². The third kappa shape index (κ3) is 3.64. The van der Waals surface area contributed by atoms with Gasteiger partial charge in [-0.1, -0.05) is 19.9 Å². The number of nitriles is 1. The van der Waals surface area contributed by atoms with Crippen molar-refractivity contribution in [3.8, 4) is 17.6 Å². The van der Waals surface area contributed by atoms with Gasteiger partial charge in [0.15, 0.2) is 11.5 Å². The summed E-state index contributed by atoms with van der Waals surface area (Å²) in [7, 11) is 0. The quantitative estimate of drug-likeness (QED) is 0.575. The first-order valence-electron chi connectivity index (χ1n) is 9.54. The summed E-state index contributed by atoms with van der Waals surface area (Å²) in [6.45, 7) is 6.97. The maximum Gasteiger partial charge on any atom is 0.231 e. The SMILES string of the molecule is CC(C)CN1CCCc2cc(/C=C(\C#N)c3ccc4c(c3)OCO4)ccc21. The molecule has 2 aliphatic heterocycles. The Balaban J connectivity index is 1.64. The first-order valence-corrected chi connectivity index (χ1v) is 9.54. The van der Waals surface area contributed by atoms with Gasteiger partial charge < -0.3 is 14.4 Å². The predicted molar refractivity (Wildman–Crippen MR) is 108 cm³/mol. The Morgan fingerprint density at radius 3 is 2.85 bits per heavy atom. The molecule has 2 aliphatic rings. The molecule has 0 atom stereocenters. The molecule has 4 nitrogen and oxygen atoms in total. The van der Waals surface area contributed by atoms with Crippen LogP contribution in [0.15, 0.2) is 36.4 Å². The van der Waals surface area contributed by atoms with Gasteiger partial charge >= 0.3 is 0 Å². The molecule has 0 amide bonds. The van der Waals surface area contributed by atoms with Gasteiger partial charge in [0.25, 0.3) is 0 Å². The van der Waals surface area contributed by atoms with E-state index in [1.54, 1.807) is 0 Å². The Morgan fingerprint density at radius 1 is 1.19 bits per heavy atom. The van der Waals surface area contributed by atoms with Crippen LogP contribution in [0.1, 0.15) is 37.0 Å². The predicted octanol–water partition coefficient (Wildman–Crippen LogP) is 4.89. The van der Waals surface area contributed by atoms with E-state index in [-0.39, 0.29) is 6.79 Å². The molecule has 0 radical (unpaired) electrons. The average Bonchev–Trinajstić information content (AvgIpc) is 3.13. The van der Waals surface area contributed by atoms with E-state index in [2.05, 4.69) is 43.0 Å². The molecule has 27 heavy (non-hydrogen) atoms. The summed E-state index contributed by atoms with van der Waals surface area (Å²) in [5.74, 6) is 2.07. The van der Waals surface area contributed by atoms with Crippen molar-refractivity contribution in [1.29, 1.82) is 5.26 Å². The number of anilines is 1. The van der Waals surface area contributed by atoms with Crippen LogP contribution < -0.4 is 14.4 Å². The molecule has 0 aromatic heterocycles. The van der Waals surface area contributed by atoms with Crippen LogP contribution in [0.2, 0.25) is 0 Å². The van der Waals surface area contributed by atoms with Crippen molar-refractivity contribution in [2.75, 3.05) is 24.8 Å². The largest absolute Gasteiger partial charge is 0.454 e. The molecule has 4 heteroatoms. The molecular weight excluding hydrogens is 336 g/mol. The van der Waals surface area contributed by atoms with Gasteiger partial charge in [-0.2, -0.15) is 5.26 Å². The first kappa shape index (κ1) is 17.5. The third-order valence-electron chi connectivity index (χ3n) is 5.02. The lowest BCUT2D eigenvalue weighted by molar-refractivity contribution is 0.174. The molecule has 4 rings (SSSR count). The minimum Gasteiger partial charge on any atom is -0.454 e. The molecular formula is C23H24N2O2. The number of rotatable bonds is 4. The Morgan fingerprint density at radius 2 is 2.04 bits per heavy atom. The van der Waals surface area contributed by atoms with Crippen LogP contribution in [0.4, 0.5) is 5.69 Å². The third-order valence-corrected chi connectivity index (χ3v) is 5.02. The lowest BCUT2D eigenvalue weighted by atomic mass is 9.96. The van der Waals surface area contributed by atoms with E-state index in [1.165, 1.54) is 17.7 Å². The van der Waals surface area contributed by atoms with Crippen molar-refractivity contribution in [2.24, 2.45) is 5.92 Å². The fraction of sp³-hybridized carbons (Fsp3) is 0.348. The maximum atomic E-state index is 9.67.